The standard InChI is InChI=1S/C21H26ClNO2/c1-5-6-7-16(4)25-19-12-17(8-9-18(19)22)20(24)21(13-15(2)3)10-11-23-14-21/h5-9,12,15,23H,1,4,10-11,13-14H2,2-3H3/b7-6-. The van der Waals surface area contributed by atoms with Gasteiger partial charge in [-0.05, 0) is 49.6 Å². The van der Waals surface area contributed by atoms with Gasteiger partial charge in [-0.3, -0.25) is 4.79 Å². The molecule has 0 aromatic heterocycles. The second kappa shape index (κ2) is 8.50. The number of carbonyl (C=O) groups is 1. The molecule has 0 radical (unpaired) electrons. The SMILES string of the molecule is C=C/C=C\C(=C)Oc1cc(C(=O)C2(CC(C)C)CCNC2)ccc1Cl. The summed E-state index contributed by atoms with van der Waals surface area (Å²) >= 11 is 6.22. The highest BCUT2D eigenvalue weighted by Gasteiger charge is 2.41. The second-order valence-corrected chi connectivity index (χ2v) is 7.35. The number of Topliss-reactive ketones (excluding diaryl/α,β-unsaturated/α-hetero) is 1. The Morgan fingerprint density at radius 2 is 2.24 bits per heavy atom. The molecule has 1 aromatic rings. The van der Waals surface area contributed by atoms with Crippen molar-refractivity contribution in [1.82, 2.24) is 5.32 Å². The Kier molecular flexibility index (Phi) is 6.63. The third-order valence-electron chi connectivity index (χ3n) is 4.38. The van der Waals surface area contributed by atoms with E-state index in [4.69, 9.17) is 16.3 Å². The van der Waals surface area contributed by atoms with Crippen molar-refractivity contribution >= 4 is 17.4 Å². The summed E-state index contributed by atoms with van der Waals surface area (Å²) in [6.45, 7) is 13.3. The van der Waals surface area contributed by atoms with Crippen LogP contribution in [0.1, 0.15) is 37.0 Å². The van der Waals surface area contributed by atoms with Crippen LogP contribution in [0.2, 0.25) is 5.02 Å². The molecule has 1 fully saturated rings. The molecule has 0 spiro atoms. The number of ether oxygens (including phenoxy) is 1. The summed E-state index contributed by atoms with van der Waals surface area (Å²) in [7, 11) is 0. The van der Waals surface area contributed by atoms with Gasteiger partial charge in [-0.25, -0.2) is 0 Å². The van der Waals surface area contributed by atoms with Crippen LogP contribution in [0.5, 0.6) is 5.75 Å². The molecule has 2 rings (SSSR count). The van der Waals surface area contributed by atoms with Crippen LogP contribution in [0.3, 0.4) is 0 Å². The third kappa shape index (κ3) is 4.83. The number of allylic oxidation sites excluding steroid dienone is 3. The fourth-order valence-corrected chi connectivity index (χ4v) is 3.52. The Labute approximate surface area is 155 Å². The molecule has 1 unspecified atom stereocenters. The lowest BCUT2D eigenvalue weighted by molar-refractivity contribution is 0.0782. The molecule has 4 heteroatoms. The number of benzene rings is 1. The molecule has 134 valence electrons. The molecule has 0 aliphatic carbocycles. The van der Waals surface area contributed by atoms with Crippen molar-refractivity contribution in [2.75, 3.05) is 13.1 Å². The molecular weight excluding hydrogens is 334 g/mol. The van der Waals surface area contributed by atoms with Crippen LogP contribution >= 0.6 is 11.6 Å². The van der Waals surface area contributed by atoms with Crippen LogP contribution in [0.25, 0.3) is 0 Å². The second-order valence-electron chi connectivity index (χ2n) is 6.94. The van der Waals surface area contributed by atoms with E-state index in [0.29, 0.717) is 28.0 Å². The van der Waals surface area contributed by atoms with Gasteiger partial charge < -0.3 is 10.1 Å². The Morgan fingerprint density at radius 1 is 1.48 bits per heavy atom. The lowest BCUT2D eigenvalue weighted by atomic mass is 9.74. The highest BCUT2D eigenvalue weighted by molar-refractivity contribution is 6.32. The lowest BCUT2D eigenvalue weighted by Crippen LogP contribution is -2.35. The summed E-state index contributed by atoms with van der Waals surface area (Å²) in [5.74, 6) is 1.48. The van der Waals surface area contributed by atoms with Gasteiger partial charge in [-0.1, -0.05) is 50.8 Å². The zero-order valence-corrected chi connectivity index (χ0v) is 15.7. The fraction of sp³-hybridized carbons (Fsp3) is 0.381. The van der Waals surface area contributed by atoms with Crippen molar-refractivity contribution in [3.63, 3.8) is 0 Å². The Morgan fingerprint density at radius 3 is 2.84 bits per heavy atom. The van der Waals surface area contributed by atoms with E-state index >= 15 is 0 Å². The van der Waals surface area contributed by atoms with E-state index in [1.165, 1.54) is 0 Å². The van der Waals surface area contributed by atoms with Crippen LogP contribution in [0.15, 0.2) is 55.3 Å². The number of ketones is 1. The topological polar surface area (TPSA) is 38.3 Å². The number of halogens is 1. The van der Waals surface area contributed by atoms with Crippen LogP contribution in [-0.4, -0.2) is 18.9 Å². The van der Waals surface area contributed by atoms with Gasteiger partial charge >= 0.3 is 0 Å². The number of hydrogen-bond acceptors (Lipinski definition) is 3. The highest BCUT2D eigenvalue weighted by Crippen LogP contribution is 2.38. The predicted octanol–water partition coefficient (Wildman–Crippen LogP) is 5.18. The molecule has 1 saturated heterocycles. The average molecular weight is 360 g/mol. The fourth-order valence-electron chi connectivity index (χ4n) is 3.37. The van der Waals surface area contributed by atoms with Crippen LogP contribution in [0.4, 0.5) is 0 Å². The first kappa shape index (κ1) is 19.5. The van der Waals surface area contributed by atoms with Crippen LogP contribution in [-0.2, 0) is 0 Å². The van der Waals surface area contributed by atoms with Gasteiger partial charge in [0.25, 0.3) is 0 Å². The molecule has 3 nitrogen and oxygen atoms in total. The van der Waals surface area contributed by atoms with Crippen molar-refractivity contribution in [3.05, 3.63) is 65.9 Å². The van der Waals surface area contributed by atoms with Gasteiger partial charge in [0.15, 0.2) is 5.78 Å². The molecule has 1 aliphatic rings. The molecule has 1 aliphatic heterocycles. The zero-order valence-electron chi connectivity index (χ0n) is 15.0. The first-order chi connectivity index (χ1) is 11.9. The van der Waals surface area contributed by atoms with Gasteiger partial charge in [0.1, 0.15) is 11.5 Å². The number of hydrogen-bond donors (Lipinski definition) is 1. The summed E-state index contributed by atoms with van der Waals surface area (Å²) in [4.78, 5) is 13.2. The summed E-state index contributed by atoms with van der Waals surface area (Å²) < 4.78 is 5.69. The van der Waals surface area contributed by atoms with Gasteiger partial charge in [0, 0.05) is 17.5 Å². The summed E-state index contributed by atoms with van der Waals surface area (Å²) in [5, 5.41) is 3.79. The average Bonchev–Trinajstić information content (AvgIpc) is 3.03. The van der Waals surface area contributed by atoms with Crippen LogP contribution < -0.4 is 10.1 Å². The number of nitrogens with one attached hydrogen (secondary N) is 1. The minimum Gasteiger partial charge on any atom is -0.456 e. The smallest absolute Gasteiger partial charge is 0.170 e. The van der Waals surface area contributed by atoms with E-state index in [1.807, 2.05) is 0 Å². The lowest BCUT2D eigenvalue weighted by Gasteiger charge is -2.28. The summed E-state index contributed by atoms with van der Waals surface area (Å²) in [6.07, 6.45) is 6.79. The van der Waals surface area contributed by atoms with Gasteiger partial charge in [-0.2, -0.15) is 0 Å². The monoisotopic (exact) mass is 359 g/mol. The molecule has 1 aromatic carbocycles. The molecule has 0 amide bonds. The molecule has 1 atom stereocenters. The van der Waals surface area contributed by atoms with Crippen molar-refractivity contribution < 1.29 is 9.53 Å². The van der Waals surface area contributed by atoms with E-state index < -0.39 is 0 Å². The first-order valence-electron chi connectivity index (χ1n) is 8.59. The van der Waals surface area contributed by atoms with Crippen molar-refractivity contribution in [2.24, 2.45) is 11.3 Å². The van der Waals surface area contributed by atoms with Crippen molar-refractivity contribution in [3.8, 4) is 5.75 Å². The quantitative estimate of drug-likeness (QED) is 0.394. The zero-order chi connectivity index (χ0) is 18.4. The van der Waals surface area contributed by atoms with E-state index in [9.17, 15) is 4.79 Å². The minimum atomic E-state index is -0.348. The maximum Gasteiger partial charge on any atom is 0.170 e. The van der Waals surface area contributed by atoms with E-state index in [1.54, 1.807) is 36.4 Å². The maximum absolute atomic E-state index is 13.2. The third-order valence-corrected chi connectivity index (χ3v) is 4.69. The predicted molar refractivity (Wildman–Crippen MR) is 104 cm³/mol. The van der Waals surface area contributed by atoms with E-state index in [-0.39, 0.29) is 11.2 Å². The highest BCUT2D eigenvalue weighted by atomic mass is 35.5. The maximum atomic E-state index is 13.2. The van der Waals surface area contributed by atoms with Crippen molar-refractivity contribution in [2.45, 2.75) is 26.7 Å². The molecule has 1 heterocycles. The Hall–Kier alpha value is -1.84. The Bertz CT molecular complexity index is 685. The van der Waals surface area contributed by atoms with E-state index in [0.717, 1.165) is 25.9 Å². The summed E-state index contributed by atoms with van der Waals surface area (Å²) in [5.41, 5.74) is 0.281. The number of carbonyl (C=O) groups excluding carboxylic acids is 1. The van der Waals surface area contributed by atoms with E-state index in [2.05, 4.69) is 32.3 Å². The normalized spacial score (nSPS) is 20.2. The number of rotatable bonds is 8. The van der Waals surface area contributed by atoms with Crippen LogP contribution in [0, 0.1) is 11.3 Å². The summed E-state index contributed by atoms with van der Waals surface area (Å²) in [6, 6.07) is 5.21. The largest absolute Gasteiger partial charge is 0.456 e. The molecule has 0 bridgehead atoms. The Balaban J connectivity index is 2.28. The van der Waals surface area contributed by atoms with Gasteiger partial charge in [0.05, 0.1) is 5.02 Å². The molecule has 1 N–H and O–H groups in total. The molecule has 25 heavy (non-hydrogen) atoms. The van der Waals surface area contributed by atoms with Gasteiger partial charge in [0.2, 0.25) is 0 Å². The first-order valence-corrected chi connectivity index (χ1v) is 8.97. The molecular formula is C21H26ClNO2. The molecule has 0 saturated carbocycles. The minimum absolute atomic E-state index is 0.153. The van der Waals surface area contributed by atoms with Crippen molar-refractivity contribution in [1.29, 1.82) is 0 Å². The van der Waals surface area contributed by atoms with Gasteiger partial charge in [-0.15, -0.1) is 0 Å².